The van der Waals surface area contributed by atoms with Crippen LogP contribution in [0, 0.1) is 0 Å². The van der Waals surface area contributed by atoms with Gasteiger partial charge in [0.1, 0.15) is 5.58 Å². The van der Waals surface area contributed by atoms with Gasteiger partial charge >= 0.3 is 5.63 Å². The molecule has 2 rings (SSSR count). The summed E-state index contributed by atoms with van der Waals surface area (Å²) in [4.78, 5) is 14.5. The van der Waals surface area contributed by atoms with Crippen molar-refractivity contribution in [3.05, 3.63) is 46.8 Å². The summed E-state index contributed by atoms with van der Waals surface area (Å²) >= 11 is 1.73. The summed E-state index contributed by atoms with van der Waals surface area (Å²) in [5.74, 6) is 1.16. The summed E-state index contributed by atoms with van der Waals surface area (Å²) in [5.41, 5.74) is 14.9. The zero-order valence-corrected chi connectivity index (χ0v) is 13.1. The van der Waals surface area contributed by atoms with E-state index in [0.717, 1.165) is 17.7 Å². The van der Waals surface area contributed by atoms with Crippen molar-refractivity contribution >= 4 is 28.7 Å². The van der Waals surface area contributed by atoms with Crippen molar-refractivity contribution in [2.24, 2.45) is 22.2 Å². The van der Waals surface area contributed by atoms with E-state index in [2.05, 4.69) is 10.7 Å². The highest BCUT2D eigenvalue weighted by Gasteiger charge is 1.92. The van der Waals surface area contributed by atoms with Crippen LogP contribution in [0.15, 0.2) is 50.6 Å². The van der Waals surface area contributed by atoms with E-state index in [-0.39, 0.29) is 11.6 Å². The second-order valence-corrected chi connectivity index (χ2v) is 4.58. The quantitative estimate of drug-likeness (QED) is 0.336. The summed E-state index contributed by atoms with van der Waals surface area (Å²) in [5, 5.41) is 0.951. The van der Waals surface area contributed by atoms with Gasteiger partial charge in [-0.2, -0.15) is 11.8 Å². The topological polar surface area (TPSA) is 121 Å². The number of benzene rings is 1. The Balaban J connectivity index is 0.000000358. The molecule has 0 unspecified atom stereocenters. The summed E-state index contributed by atoms with van der Waals surface area (Å²) in [6.07, 6.45) is 2.02. The van der Waals surface area contributed by atoms with Gasteiger partial charge in [-0.25, -0.2) is 4.79 Å². The van der Waals surface area contributed by atoms with Gasteiger partial charge in [-0.15, -0.1) is 0 Å². The highest BCUT2D eigenvalue weighted by Crippen LogP contribution is 2.08. The summed E-state index contributed by atoms with van der Waals surface area (Å²) in [7, 11) is 1.50. The third-order valence-electron chi connectivity index (χ3n) is 2.12. The van der Waals surface area contributed by atoms with Gasteiger partial charge in [0.05, 0.1) is 6.54 Å². The molecule has 0 spiro atoms. The average Bonchev–Trinajstić information content (AvgIpc) is 2.50. The minimum absolute atomic E-state index is 0.180. The first-order valence-electron chi connectivity index (χ1n) is 6.24. The summed E-state index contributed by atoms with van der Waals surface area (Å²) in [6, 6.07) is 10.6. The van der Waals surface area contributed by atoms with Gasteiger partial charge in [-0.3, -0.25) is 4.99 Å². The molecule has 0 radical (unpaired) electrons. The van der Waals surface area contributed by atoms with E-state index in [1.165, 1.54) is 13.1 Å². The van der Waals surface area contributed by atoms with E-state index >= 15 is 0 Å². The maximum Gasteiger partial charge on any atom is 0.336 e. The smallest absolute Gasteiger partial charge is 0.336 e. The molecule has 0 aliphatic carbocycles. The zero-order valence-electron chi connectivity index (χ0n) is 12.3. The molecule has 2 aromatic rings. The molecular weight excluding hydrogens is 288 g/mol. The Morgan fingerprint density at radius 1 is 1.19 bits per heavy atom. The maximum absolute atomic E-state index is 10.7. The molecule has 0 aliphatic heterocycles. The third kappa shape index (κ3) is 8.72. The Morgan fingerprint density at radius 2 is 1.86 bits per heavy atom. The molecule has 21 heavy (non-hydrogen) atoms. The normalized spacial score (nSPS) is 8.90. The predicted octanol–water partition coefficient (Wildman–Crippen LogP) is 0.991. The lowest BCUT2D eigenvalue weighted by molar-refractivity contribution is 0.561. The molecule has 1 aromatic carbocycles. The first-order valence-corrected chi connectivity index (χ1v) is 7.64. The van der Waals surface area contributed by atoms with Crippen LogP contribution in [0.1, 0.15) is 0 Å². The number of hydrogen-bond acceptors (Lipinski definition) is 5. The lowest BCUT2D eigenvalue weighted by Gasteiger charge is -1.91. The van der Waals surface area contributed by atoms with Crippen LogP contribution in [0.5, 0.6) is 0 Å². The molecule has 7 heteroatoms. The standard InChI is InChI=1S/C9H6O2.C4H11N3S.CH5N/c10-9-6-5-7-3-1-2-4-8(7)11-9;1-8-3-2-7-4(5)6;1-2/h1-6H;2-3H2,1H3,(H4,5,6,7);2H2,1H3. The van der Waals surface area contributed by atoms with Crippen LogP contribution in [-0.4, -0.2) is 31.6 Å². The van der Waals surface area contributed by atoms with E-state index in [0.29, 0.717) is 5.58 Å². The van der Waals surface area contributed by atoms with Crippen LogP contribution in [0.2, 0.25) is 0 Å². The van der Waals surface area contributed by atoms with Gasteiger partial charge in [0.25, 0.3) is 0 Å². The van der Waals surface area contributed by atoms with Crippen molar-refractivity contribution in [1.29, 1.82) is 0 Å². The van der Waals surface area contributed by atoms with Gasteiger partial charge in [0, 0.05) is 17.2 Å². The maximum atomic E-state index is 10.7. The van der Waals surface area contributed by atoms with E-state index in [1.54, 1.807) is 23.9 Å². The number of fused-ring (bicyclic) bond motifs is 1. The molecule has 0 fully saturated rings. The van der Waals surface area contributed by atoms with Crippen molar-refractivity contribution in [2.75, 3.05) is 25.6 Å². The SMILES string of the molecule is CN.CSCCN=C(N)N.O=c1ccc2ccccc2o1. The monoisotopic (exact) mass is 310 g/mol. The fourth-order valence-electron chi connectivity index (χ4n) is 1.28. The van der Waals surface area contributed by atoms with Crippen molar-refractivity contribution in [3.8, 4) is 0 Å². The molecule has 1 heterocycles. The van der Waals surface area contributed by atoms with Gasteiger partial charge < -0.3 is 21.6 Å². The lowest BCUT2D eigenvalue weighted by atomic mass is 10.2. The Morgan fingerprint density at radius 3 is 2.48 bits per heavy atom. The highest BCUT2D eigenvalue weighted by atomic mass is 32.2. The number of rotatable bonds is 3. The Bertz CT molecular complexity index is 595. The summed E-state index contributed by atoms with van der Waals surface area (Å²) in [6.45, 7) is 0.726. The van der Waals surface area contributed by atoms with Crippen LogP contribution in [0.3, 0.4) is 0 Å². The fraction of sp³-hybridized carbons (Fsp3) is 0.286. The van der Waals surface area contributed by atoms with Crippen molar-refractivity contribution in [1.82, 2.24) is 0 Å². The van der Waals surface area contributed by atoms with Gasteiger partial charge in [-0.05, 0) is 25.4 Å². The minimum Gasteiger partial charge on any atom is -0.423 e. The molecule has 116 valence electrons. The number of hydrogen-bond donors (Lipinski definition) is 3. The molecule has 6 N–H and O–H groups in total. The predicted molar refractivity (Wildman–Crippen MR) is 91.7 cm³/mol. The lowest BCUT2D eigenvalue weighted by Crippen LogP contribution is -2.23. The highest BCUT2D eigenvalue weighted by molar-refractivity contribution is 7.98. The molecule has 0 amide bonds. The van der Waals surface area contributed by atoms with Crippen LogP contribution < -0.4 is 22.8 Å². The van der Waals surface area contributed by atoms with E-state index in [1.807, 2.05) is 24.5 Å². The second kappa shape index (κ2) is 11.8. The van der Waals surface area contributed by atoms with E-state index in [4.69, 9.17) is 15.9 Å². The van der Waals surface area contributed by atoms with Crippen LogP contribution in [0.4, 0.5) is 0 Å². The first kappa shape index (κ1) is 19.0. The number of thioether (sulfide) groups is 1. The zero-order chi connectivity index (χ0) is 16.1. The fourth-order valence-corrected chi connectivity index (χ4v) is 1.55. The van der Waals surface area contributed by atoms with Gasteiger partial charge in [0.15, 0.2) is 5.96 Å². The number of nitrogens with two attached hydrogens (primary N) is 3. The molecule has 0 bridgehead atoms. The van der Waals surface area contributed by atoms with Crippen LogP contribution in [-0.2, 0) is 0 Å². The average molecular weight is 310 g/mol. The molecule has 0 saturated carbocycles. The summed E-state index contributed by atoms with van der Waals surface area (Å²) < 4.78 is 4.91. The van der Waals surface area contributed by atoms with Crippen LogP contribution in [0.25, 0.3) is 11.0 Å². The minimum atomic E-state index is -0.302. The van der Waals surface area contributed by atoms with Crippen LogP contribution >= 0.6 is 11.8 Å². The number of guanidine groups is 1. The molecule has 6 nitrogen and oxygen atoms in total. The Labute approximate surface area is 128 Å². The number of nitrogens with zero attached hydrogens (tertiary/aromatic N) is 1. The molecular formula is C14H22N4O2S. The van der Waals surface area contributed by atoms with Gasteiger partial charge in [0.2, 0.25) is 0 Å². The molecule has 0 saturated heterocycles. The molecule has 0 atom stereocenters. The largest absolute Gasteiger partial charge is 0.423 e. The second-order valence-electron chi connectivity index (χ2n) is 3.59. The number of para-hydroxylation sites is 1. The Hall–Kier alpha value is -1.99. The van der Waals surface area contributed by atoms with E-state index < -0.39 is 0 Å². The first-order chi connectivity index (χ1) is 10.1. The third-order valence-corrected chi connectivity index (χ3v) is 2.71. The van der Waals surface area contributed by atoms with Crippen molar-refractivity contribution in [3.63, 3.8) is 0 Å². The van der Waals surface area contributed by atoms with E-state index in [9.17, 15) is 4.79 Å². The van der Waals surface area contributed by atoms with Gasteiger partial charge in [-0.1, -0.05) is 18.2 Å². The Kier molecular flexibility index (Phi) is 10.7. The van der Waals surface area contributed by atoms with Crippen molar-refractivity contribution in [2.45, 2.75) is 0 Å². The number of aliphatic imine (C=N–C) groups is 1. The van der Waals surface area contributed by atoms with Crippen molar-refractivity contribution < 1.29 is 4.42 Å². The molecule has 1 aromatic heterocycles. The molecule has 0 aliphatic rings.